The molecule has 3 aliphatic heterocycles. The van der Waals surface area contributed by atoms with E-state index in [1.807, 2.05) is 24.9 Å². The van der Waals surface area contributed by atoms with Gasteiger partial charge < -0.3 is 15.5 Å². The van der Waals surface area contributed by atoms with Crippen LogP contribution >= 0.6 is 0 Å². The fourth-order valence-corrected chi connectivity index (χ4v) is 3.08. The molecule has 0 aromatic carbocycles. The lowest BCUT2D eigenvalue weighted by Crippen LogP contribution is -2.45. The molecule has 6 nitrogen and oxygen atoms in total. The molecule has 4 heterocycles. The fraction of sp³-hybridized carbons (Fsp3) is 0.615. The molecular weight excluding hydrogens is 242 g/mol. The lowest BCUT2D eigenvalue weighted by atomic mass is 9.95. The molecule has 0 saturated carbocycles. The first-order valence-corrected chi connectivity index (χ1v) is 6.67. The molecule has 1 amide bonds. The SMILES string of the molecule is Cc1cc(N2C[C@H]3CC[C@@H](C2)N(C)C3=O)nc(N)n1. The molecule has 4 rings (SSSR count). The van der Waals surface area contributed by atoms with Crippen molar-refractivity contribution in [2.75, 3.05) is 30.8 Å². The van der Waals surface area contributed by atoms with E-state index >= 15 is 0 Å². The molecule has 1 aromatic rings. The second-order valence-electron chi connectivity index (χ2n) is 5.51. The number of nitrogens with zero attached hydrogens (tertiary/aromatic N) is 4. The van der Waals surface area contributed by atoms with E-state index in [-0.39, 0.29) is 17.9 Å². The first-order chi connectivity index (χ1) is 9.04. The van der Waals surface area contributed by atoms with Crippen LogP contribution < -0.4 is 10.6 Å². The van der Waals surface area contributed by atoms with Crippen LogP contribution in [-0.2, 0) is 4.79 Å². The number of fused-ring (bicyclic) bond motifs is 4. The van der Waals surface area contributed by atoms with Gasteiger partial charge >= 0.3 is 0 Å². The highest BCUT2D eigenvalue weighted by Crippen LogP contribution is 2.30. The topological polar surface area (TPSA) is 75.3 Å². The van der Waals surface area contributed by atoms with Crippen molar-refractivity contribution in [3.05, 3.63) is 11.8 Å². The Bertz CT molecular complexity index is 498. The summed E-state index contributed by atoms with van der Waals surface area (Å²) in [6.07, 6.45) is 2.05. The van der Waals surface area contributed by atoms with Crippen molar-refractivity contribution in [3.8, 4) is 0 Å². The van der Waals surface area contributed by atoms with Gasteiger partial charge in [0.15, 0.2) is 0 Å². The quantitative estimate of drug-likeness (QED) is 0.793. The Morgan fingerprint density at radius 3 is 2.84 bits per heavy atom. The molecule has 0 spiro atoms. The minimum Gasteiger partial charge on any atom is -0.368 e. The van der Waals surface area contributed by atoms with Gasteiger partial charge in [-0.05, 0) is 19.8 Å². The van der Waals surface area contributed by atoms with E-state index < -0.39 is 0 Å². The molecule has 0 aliphatic carbocycles. The van der Waals surface area contributed by atoms with Crippen LogP contribution in [0.3, 0.4) is 0 Å². The van der Waals surface area contributed by atoms with Gasteiger partial charge in [0.25, 0.3) is 0 Å². The molecular formula is C13H19N5O. The smallest absolute Gasteiger partial charge is 0.227 e. The van der Waals surface area contributed by atoms with Crippen molar-refractivity contribution in [3.63, 3.8) is 0 Å². The molecule has 2 N–H and O–H groups in total. The maximum atomic E-state index is 12.2. The standard InChI is InChI=1S/C13H19N5O/c1-8-5-11(16-13(14)15-8)18-6-9-3-4-10(7-18)17(2)12(9)19/h5,9-10H,3-4,6-7H2,1-2H3,(H2,14,15,16)/t9-,10+/m1/s1. The van der Waals surface area contributed by atoms with E-state index in [9.17, 15) is 4.79 Å². The summed E-state index contributed by atoms with van der Waals surface area (Å²) in [4.78, 5) is 24.6. The van der Waals surface area contributed by atoms with Crippen LogP contribution in [-0.4, -0.2) is 47.0 Å². The van der Waals surface area contributed by atoms with Crippen molar-refractivity contribution < 1.29 is 4.79 Å². The molecule has 19 heavy (non-hydrogen) atoms. The summed E-state index contributed by atoms with van der Waals surface area (Å²) in [5.41, 5.74) is 6.58. The number of hydrogen-bond acceptors (Lipinski definition) is 5. The number of aryl methyl sites for hydroxylation is 1. The van der Waals surface area contributed by atoms with E-state index in [1.54, 1.807) is 0 Å². The van der Waals surface area contributed by atoms with Crippen LogP contribution in [0.4, 0.5) is 11.8 Å². The number of nitrogens with two attached hydrogens (primary N) is 1. The first kappa shape index (κ1) is 12.2. The van der Waals surface area contributed by atoms with Crippen molar-refractivity contribution in [2.45, 2.75) is 25.8 Å². The number of anilines is 2. The lowest BCUT2D eigenvalue weighted by Gasteiger charge is -2.32. The molecule has 3 saturated heterocycles. The van der Waals surface area contributed by atoms with Crippen LogP contribution in [0.2, 0.25) is 0 Å². The van der Waals surface area contributed by atoms with E-state index in [1.165, 1.54) is 0 Å². The Labute approximate surface area is 112 Å². The minimum absolute atomic E-state index is 0.0836. The zero-order valence-electron chi connectivity index (χ0n) is 11.3. The third-order valence-electron chi connectivity index (χ3n) is 4.15. The zero-order valence-corrected chi connectivity index (χ0v) is 11.3. The van der Waals surface area contributed by atoms with Crippen molar-refractivity contribution >= 4 is 17.7 Å². The van der Waals surface area contributed by atoms with Crippen molar-refractivity contribution in [1.82, 2.24) is 14.9 Å². The Balaban J connectivity index is 1.92. The molecule has 3 aliphatic rings. The van der Waals surface area contributed by atoms with Gasteiger partial charge in [-0.3, -0.25) is 4.79 Å². The van der Waals surface area contributed by atoms with Crippen LogP contribution in [0.5, 0.6) is 0 Å². The highest BCUT2D eigenvalue weighted by atomic mass is 16.2. The molecule has 6 heteroatoms. The summed E-state index contributed by atoms with van der Waals surface area (Å²) in [7, 11) is 1.91. The van der Waals surface area contributed by atoms with E-state index in [2.05, 4.69) is 14.9 Å². The first-order valence-electron chi connectivity index (χ1n) is 6.67. The molecule has 0 unspecified atom stereocenters. The number of nitrogen functional groups attached to an aromatic ring is 1. The average Bonchev–Trinajstić information content (AvgIpc) is 2.63. The van der Waals surface area contributed by atoms with Gasteiger partial charge in [-0.25, -0.2) is 4.98 Å². The monoisotopic (exact) mass is 261 g/mol. The van der Waals surface area contributed by atoms with Crippen LogP contribution in [0.25, 0.3) is 0 Å². The molecule has 1 aromatic heterocycles. The number of amides is 1. The largest absolute Gasteiger partial charge is 0.368 e. The fourth-order valence-electron chi connectivity index (χ4n) is 3.08. The number of piperidine rings is 1. The predicted molar refractivity (Wildman–Crippen MR) is 72.7 cm³/mol. The van der Waals surface area contributed by atoms with Crippen LogP contribution in [0.1, 0.15) is 18.5 Å². The lowest BCUT2D eigenvalue weighted by molar-refractivity contribution is -0.138. The maximum absolute atomic E-state index is 12.2. The van der Waals surface area contributed by atoms with Gasteiger partial charge in [0, 0.05) is 37.9 Å². The second kappa shape index (κ2) is 4.36. The Morgan fingerprint density at radius 2 is 2.11 bits per heavy atom. The number of carbonyl (C=O) groups excluding carboxylic acids is 1. The maximum Gasteiger partial charge on any atom is 0.227 e. The Morgan fingerprint density at radius 1 is 1.32 bits per heavy atom. The molecule has 2 atom stereocenters. The number of aromatic nitrogens is 2. The van der Waals surface area contributed by atoms with Gasteiger partial charge in [0.2, 0.25) is 11.9 Å². The molecule has 2 bridgehead atoms. The number of hydrogen-bond donors (Lipinski definition) is 1. The highest BCUT2D eigenvalue weighted by Gasteiger charge is 2.39. The molecule has 0 radical (unpaired) electrons. The third kappa shape index (κ3) is 2.11. The van der Waals surface area contributed by atoms with E-state index in [4.69, 9.17) is 5.73 Å². The van der Waals surface area contributed by atoms with E-state index in [0.717, 1.165) is 37.4 Å². The highest BCUT2D eigenvalue weighted by molar-refractivity contribution is 5.81. The molecule has 102 valence electrons. The van der Waals surface area contributed by atoms with Gasteiger partial charge in [-0.15, -0.1) is 0 Å². The average molecular weight is 261 g/mol. The second-order valence-corrected chi connectivity index (χ2v) is 5.51. The molecule has 3 fully saturated rings. The minimum atomic E-state index is 0.0836. The van der Waals surface area contributed by atoms with Gasteiger partial charge in [-0.1, -0.05) is 0 Å². The number of likely N-dealkylation sites (N-methyl/N-ethyl adjacent to an activating group) is 1. The van der Waals surface area contributed by atoms with Crippen LogP contribution in [0, 0.1) is 12.8 Å². The van der Waals surface area contributed by atoms with Gasteiger partial charge in [-0.2, -0.15) is 4.98 Å². The van der Waals surface area contributed by atoms with Crippen molar-refractivity contribution in [2.24, 2.45) is 5.92 Å². The summed E-state index contributed by atoms with van der Waals surface area (Å²) < 4.78 is 0. The number of rotatable bonds is 1. The van der Waals surface area contributed by atoms with E-state index in [0.29, 0.717) is 5.95 Å². The zero-order chi connectivity index (χ0) is 13.6. The predicted octanol–water partition coefficient (Wildman–Crippen LogP) is 0.424. The van der Waals surface area contributed by atoms with Gasteiger partial charge in [0.1, 0.15) is 5.82 Å². The summed E-state index contributed by atoms with van der Waals surface area (Å²) in [5.74, 6) is 1.48. The Hall–Kier alpha value is -1.85. The normalized spacial score (nSPS) is 26.7. The Kier molecular flexibility index (Phi) is 2.80. The van der Waals surface area contributed by atoms with Gasteiger partial charge in [0.05, 0.1) is 5.92 Å². The third-order valence-corrected chi connectivity index (χ3v) is 4.15. The van der Waals surface area contributed by atoms with Crippen LogP contribution in [0.15, 0.2) is 6.07 Å². The summed E-state index contributed by atoms with van der Waals surface area (Å²) in [6.45, 7) is 3.47. The van der Waals surface area contributed by atoms with Crippen molar-refractivity contribution in [1.29, 1.82) is 0 Å². The summed E-state index contributed by atoms with van der Waals surface area (Å²) in [5, 5.41) is 0. The summed E-state index contributed by atoms with van der Waals surface area (Å²) >= 11 is 0. The summed E-state index contributed by atoms with van der Waals surface area (Å²) in [6, 6.07) is 2.22. The number of carbonyl (C=O) groups is 1.